The maximum absolute atomic E-state index is 8.60. The highest BCUT2D eigenvalue weighted by Crippen LogP contribution is 2.25. The Balaban J connectivity index is 2.26. The van der Waals surface area contributed by atoms with Crippen LogP contribution in [-0.4, -0.2) is 31.0 Å². The number of nitrogens with two attached hydrogens (primary N) is 1. The molecule has 0 aromatic carbocycles. The van der Waals surface area contributed by atoms with E-state index in [9.17, 15) is 0 Å². The molecule has 72 valence electrons. The van der Waals surface area contributed by atoms with E-state index in [1.54, 1.807) is 0 Å². The van der Waals surface area contributed by atoms with Gasteiger partial charge in [0.2, 0.25) is 0 Å². The summed E-state index contributed by atoms with van der Waals surface area (Å²) in [6.07, 6.45) is 5.12. The Bertz CT molecular complexity index is 119. The van der Waals surface area contributed by atoms with Crippen LogP contribution >= 0.6 is 0 Å². The lowest BCUT2D eigenvalue weighted by Gasteiger charge is -2.30. The first-order valence-corrected chi connectivity index (χ1v) is 4.81. The lowest BCUT2D eigenvalue weighted by atomic mass is 9.86. The van der Waals surface area contributed by atoms with Gasteiger partial charge in [-0.2, -0.15) is 0 Å². The molecule has 3 nitrogen and oxygen atoms in total. The Morgan fingerprint density at radius 2 is 2.08 bits per heavy atom. The topological polar surface area (TPSA) is 55.5 Å². The van der Waals surface area contributed by atoms with Crippen LogP contribution in [0.4, 0.5) is 0 Å². The van der Waals surface area contributed by atoms with Gasteiger partial charge in [-0.25, -0.2) is 0 Å². The van der Waals surface area contributed by atoms with E-state index in [1.165, 1.54) is 19.3 Å². The van der Waals surface area contributed by atoms with E-state index in [4.69, 9.17) is 15.6 Å². The first kappa shape index (κ1) is 9.96. The average Bonchev–Trinajstić information content (AvgIpc) is 2.15. The molecule has 0 aromatic rings. The minimum atomic E-state index is 0.119. The molecule has 2 unspecified atom stereocenters. The molecule has 0 aliphatic heterocycles. The van der Waals surface area contributed by atoms with Crippen molar-refractivity contribution in [1.29, 1.82) is 0 Å². The molecule has 2 atom stereocenters. The molecule has 1 aliphatic rings. The zero-order valence-electron chi connectivity index (χ0n) is 7.54. The summed E-state index contributed by atoms with van der Waals surface area (Å²) in [6.45, 7) is 1.30. The van der Waals surface area contributed by atoms with Gasteiger partial charge >= 0.3 is 0 Å². The Labute approximate surface area is 73.9 Å². The second-order valence-electron chi connectivity index (χ2n) is 3.41. The van der Waals surface area contributed by atoms with Crippen LogP contribution in [0.2, 0.25) is 0 Å². The molecule has 0 heterocycles. The van der Waals surface area contributed by atoms with Gasteiger partial charge < -0.3 is 15.6 Å². The number of rotatable bonds is 4. The van der Waals surface area contributed by atoms with Gasteiger partial charge in [0.1, 0.15) is 0 Å². The predicted octanol–water partition coefficient (Wildman–Crippen LogP) is 0.513. The minimum absolute atomic E-state index is 0.119. The summed E-state index contributed by atoms with van der Waals surface area (Å²) >= 11 is 0. The molecular formula is C9H19NO2. The van der Waals surface area contributed by atoms with Gasteiger partial charge in [-0.05, 0) is 25.3 Å². The molecule has 1 aliphatic carbocycles. The van der Waals surface area contributed by atoms with Gasteiger partial charge in [0.05, 0.1) is 19.3 Å². The SMILES string of the molecule is NCC1CCCCC1OCCO. The van der Waals surface area contributed by atoms with Crippen molar-refractivity contribution in [3.05, 3.63) is 0 Å². The van der Waals surface area contributed by atoms with Crippen LogP contribution in [0.5, 0.6) is 0 Å². The van der Waals surface area contributed by atoms with Crippen molar-refractivity contribution in [3.8, 4) is 0 Å². The number of aliphatic hydroxyl groups is 1. The number of hydrogen-bond acceptors (Lipinski definition) is 3. The zero-order valence-corrected chi connectivity index (χ0v) is 7.54. The monoisotopic (exact) mass is 173 g/mol. The fraction of sp³-hybridized carbons (Fsp3) is 1.00. The lowest BCUT2D eigenvalue weighted by molar-refractivity contribution is -0.0223. The lowest BCUT2D eigenvalue weighted by Crippen LogP contribution is -2.33. The van der Waals surface area contributed by atoms with Gasteiger partial charge in [0, 0.05) is 0 Å². The van der Waals surface area contributed by atoms with E-state index in [0.29, 0.717) is 18.6 Å². The summed E-state index contributed by atoms with van der Waals surface area (Å²) < 4.78 is 5.51. The molecule has 3 N–H and O–H groups in total. The largest absolute Gasteiger partial charge is 0.394 e. The first-order chi connectivity index (χ1) is 5.88. The highest BCUT2D eigenvalue weighted by Gasteiger charge is 2.23. The highest BCUT2D eigenvalue weighted by atomic mass is 16.5. The molecule has 0 amide bonds. The first-order valence-electron chi connectivity index (χ1n) is 4.81. The number of aliphatic hydroxyl groups excluding tert-OH is 1. The highest BCUT2D eigenvalue weighted by molar-refractivity contribution is 4.76. The summed E-state index contributed by atoms with van der Waals surface area (Å²) in [5.74, 6) is 0.519. The van der Waals surface area contributed by atoms with Crippen LogP contribution in [0.3, 0.4) is 0 Å². The Hall–Kier alpha value is -0.120. The van der Waals surface area contributed by atoms with E-state index in [-0.39, 0.29) is 6.61 Å². The number of hydrogen-bond donors (Lipinski definition) is 2. The molecular weight excluding hydrogens is 154 g/mol. The molecule has 12 heavy (non-hydrogen) atoms. The summed E-state index contributed by atoms with van der Waals surface area (Å²) in [5, 5.41) is 8.60. The maximum Gasteiger partial charge on any atom is 0.0701 e. The van der Waals surface area contributed by atoms with E-state index >= 15 is 0 Å². The van der Waals surface area contributed by atoms with Crippen LogP contribution in [0.15, 0.2) is 0 Å². The Morgan fingerprint density at radius 1 is 1.33 bits per heavy atom. The van der Waals surface area contributed by atoms with Gasteiger partial charge in [-0.1, -0.05) is 12.8 Å². The molecule has 1 fully saturated rings. The molecule has 3 heteroatoms. The standard InChI is InChI=1S/C9H19NO2/c10-7-8-3-1-2-4-9(8)12-6-5-11/h8-9,11H,1-7,10H2. The van der Waals surface area contributed by atoms with Gasteiger partial charge in [-0.3, -0.25) is 0 Å². The fourth-order valence-corrected chi connectivity index (χ4v) is 1.87. The summed E-state index contributed by atoms with van der Waals surface area (Å²) in [7, 11) is 0. The van der Waals surface area contributed by atoms with E-state index in [1.807, 2.05) is 0 Å². The molecule has 0 saturated heterocycles. The van der Waals surface area contributed by atoms with Crippen molar-refractivity contribution in [1.82, 2.24) is 0 Å². The minimum Gasteiger partial charge on any atom is -0.394 e. The molecule has 0 spiro atoms. The van der Waals surface area contributed by atoms with Crippen LogP contribution in [0.1, 0.15) is 25.7 Å². The molecule has 0 bridgehead atoms. The van der Waals surface area contributed by atoms with E-state index in [0.717, 1.165) is 13.0 Å². The van der Waals surface area contributed by atoms with Crippen molar-refractivity contribution >= 4 is 0 Å². The van der Waals surface area contributed by atoms with Gasteiger partial charge in [0.15, 0.2) is 0 Å². The third-order valence-corrected chi connectivity index (χ3v) is 2.57. The van der Waals surface area contributed by atoms with Crippen LogP contribution < -0.4 is 5.73 Å². The summed E-state index contributed by atoms with van der Waals surface area (Å²) in [6, 6.07) is 0. The second kappa shape index (κ2) is 5.51. The quantitative estimate of drug-likeness (QED) is 0.651. The van der Waals surface area contributed by atoms with E-state index < -0.39 is 0 Å². The summed E-state index contributed by atoms with van der Waals surface area (Å²) in [4.78, 5) is 0. The molecule has 1 rings (SSSR count). The van der Waals surface area contributed by atoms with Crippen molar-refractivity contribution in [2.24, 2.45) is 11.7 Å². The predicted molar refractivity (Wildman–Crippen MR) is 47.8 cm³/mol. The van der Waals surface area contributed by atoms with Crippen molar-refractivity contribution in [2.45, 2.75) is 31.8 Å². The molecule has 0 radical (unpaired) electrons. The van der Waals surface area contributed by atoms with Crippen LogP contribution in [0.25, 0.3) is 0 Å². The molecule has 0 aromatic heterocycles. The average molecular weight is 173 g/mol. The molecule has 1 saturated carbocycles. The second-order valence-corrected chi connectivity index (χ2v) is 3.41. The third kappa shape index (κ3) is 2.73. The third-order valence-electron chi connectivity index (χ3n) is 2.57. The smallest absolute Gasteiger partial charge is 0.0701 e. The van der Waals surface area contributed by atoms with Crippen molar-refractivity contribution in [3.63, 3.8) is 0 Å². The zero-order chi connectivity index (χ0) is 8.81. The number of ether oxygens (including phenoxy) is 1. The van der Waals surface area contributed by atoms with Gasteiger partial charge in [0.25, 0.3) is 0 Å². The van der Waals surface area contributed by atoms with E-state index in [2.05, 4.69) is 0 Å². The summed E-state index contributed by atoms with van der Waals surface area (Å²) in [5.41, 5.74) is 5.62. The Morgan fingerprint density at radius 3 is 2.75 bits per heavy atom. The normalized spacial score (nSPS) is 30.5. The van der Waals surface area contributed by atoms with Crippen LogP contribution in [-0.2, 0) is 4.74 Å². The Kier molecular flexibility index (Phi) is 4.58. The maximum atomic E-state index is 8.60. The fourth-order valence-electron chi connectivity index (χ4n) is 1.87. The van der Waals surface area contributed by atoms with Crippen molar-refractivity contribution < 1.29 is 9.84 Å². The van der Waals surface area contributed by atoms with Crippen molar-refractivity contribution in [2.75, 3.05) is 19.8 Å². The van der Waals surface area contributed by atoms with Gasteiger partial charge in [-0.15, -0.1) is 0 Å². The van der Waals surface area contributed by atoms with Crippen LogP contribution in [0, 0.1) is 5.92 Å².